The molecule has 16 heavy (non-hydrogen) atoms. The van der Waals surface area contributed by atoms with E-state index < -0.39 is 0 Å². The molecule has 0 aliphatic heterocycles. The van der Waals surface area contributed by atoms with Crippen LogP contribution >= 0.6 is 11.8 Å². The van der Waals surface area contributed by atoms with Crippen LogP contribution in [0.5, 0.6) is 0 Å². The molecule has 0 radical (unpaired) electrons. The summed E-state index contributed by atoms with van der Waals surface area (Å²) in [5, 5.41) is 4.83. The number of hydrogen-bond donors (Lipinski definition) is 2. The maximum atomic E-state index is 5.19. The zero-order valence-corrected chi connectivity index (χ0v) is 9.48. The predicted molar refractivity (Wildman–Crippen MR) is 60.4 cm³/mol. The van der Waals surface area contributed by atoms with Crippen molar-refractivity contribution in [1.29, 1.82) is 0 Å². The molecule has 2 aromatic heterocycles. The highest BCUT2D eigenvalue weighted by Gasteiger charge is 2.03. The van der Waals surface area contributed by atoms with E-state index in [1.807, 2.05) is 7.05 Å². The van der Waals surface area contributed by atoms with Crippen molar-refractivity contribution >= 4 is 17.6 Å². The van der Waals surface area contributed by atoms with Crippen molar-refractivity contribution < 1.29 is 0 Å². The SMILES string of the molecule is Cn1ncnc1SCc1cnc(NN)cn1. The Balaban J connectivity index is 1.97. The van der Waals surface area contributed by atoms with Gasteiger partial charge in [-0.2, -0.15) is 5.10 Å². The maximum absolute atomic E-state index is 5.19. The molecule has 0 spiro atoms. The fourth-order valence-electron chi connectivity index (χ4n) is 1.06. The molecule has 0 unspecified atom stereocenters. The normalized spacial score (nSPS) is 10.4. The third-order valence-corrected chi connectivity index (χ3v) is 2.94. The summed E-state index contributed by atoms with van der Waals surface area (Å²) in [4.78, 5) is 12.4. The maximum Gasteiger partial charge on any atom is 0.186 e. The van der Waals surface area contributed by atoms with E-state index in [0.717, 1.165) is 10.9 Å². The van der Waals surface area contributed by atoms with Gasteiger partial charge in [-0.05, 0) is 0 Å². The van der Waals surface area contributed by atoms with Gasteiger partial charge in [0.05, 0.1) is 18.1 Å². The van der Waals surface area contributed by atoms with Crippen LogP contribution in [0.4, 0.5) is 5.82 Å². The average Bonchev–Trinajstić information content (AvgIpc) is 2.73. The number of nitrogens with one attached hydrogen (secondary N) is 1. The lowest BCUT2D eigenvalue weighted by Gasteiger charge is -2.01. The van der Waals surface area contributed by atoms with Gasteiger partial charge in [0.25, 0.3) is 0 Å². The second-order valence-electron chi connectivity index (χ2n) is 2.99. The summed E-state index contributed by atoms with van der Waals surface area (Å²) in [6, 6.07) is 0. The highest BCUT2D eigenvalue weighted by molar-refractivity contribution is 7.98. The molecular weight excluding hydrogens is 226 g/mol. The minimum Gasteiger partial charge on any atom is -0.307 e. The number of nitrogens with two attached hydrogens (primary N) is 1. The van der Waals surface area contributed by atoms with Crippen LogP contribution < -0.4 is 11.3 Å². The summed E-state index contributed by atoms with van der Waals surface area (Å²) in [5.41, 5.74) is 3.29. The Morgan fingerprint density at radius 2 is 2.25 bits per heavy atom. The summed E-state index contributed by atoms with van der Waals surface area (Å²) < 4.78 is 1.72. The van der Waals surface area contributed by atoms with Crippen molar-refractivity contribution in [2.45, 2.75) is 10.9 Å². The predicted octanol–water partition coefficient (Wildman–Crippen LogP) is 0.183. The first-order chi connectivity index (χ1) is 7.79. The molecule has 2 rings (SSSR count). The molecule has 0 aliphatic carbocycles. The van der Waals surface area contributed by atoms with Gasteiger partial charge in [-0.25, -0.2) is 20.5 Å². The van der Waals surface area contributed by atoms with Crippen molar-refractivity contribution in [2.24, 2.45) is 12.9 Å². The number of rotatable bonds is 4. The first-order valence-corrected chi connectivity index (χ1v) is 5.52. The molecular formula is C8H11N7S. The number of nitrogen functional groups attached to an aromatic ring is 1. The van der Waals surface area contributed by atoms with Gasteiger partial charge in [-0.15, -0.1) is 0 Å². The van der Waals surface area contributed by atoms with Crippen molar-refractivity contribution in [1.82, 2.24) is 24.7 Å². The van der Waals surface area contributed by atoms with Gasteiger partial charge in [0.15, 0.2) is 11.0 Å². The Hall–Kier alpha value is -1.67. The molecule has 8 heteroatoms. The van der Waals surface area contributed by atoms with Crippen LogP contribution in [-0.2, 0) is 12.8 Å². The van der Waals surface area contributed by atoms with E-state index in [1.54, 1.807) is 28.8 Å². The first-order valence-electron chi connectivity index (χ1n) is 4.54. The van der Waals surface area contributed by atoms with Gasteiger partial charge < -0.3 is 5.43 Å². The number of thioether (sulfide) groups is 1. The Morgan fingerprint density at radius 3 is 2.81 bits per heavy atom. The van der Waals surface area contributed by atoms with Gasteiger partial charge >= 0.3 is 0 Å². The Labute approximate surface area is 96.5 Å². The smallest absolute Gasteiger partial charge is 0.186 e. The monoisotopic (exact) mass is 237 g/mol. The van der Waals surface area contributed by atoms with Crippen molar-refractivity contribution in [2.75, 3.05) is 5.43 Å². The van der Waals surface area contributed by atoms with E-state index in [2.05, 4.69) is 25.5 Å². The van der Waals surface area contributed by atoms with Gasteiger partial charge in [0.2, 0.25) is 0 Å². The molecule has 0 saturated heterocycles. The first kappa shape index (κ1) is 10.8. The Bertz CT molecular complexity index is 452. The Morgan fingerprint density at radius 1 is 1.38 bits per heavy atom. The summed E-state index contributed by atoms with van der Waals surface area (Å²) in [5.74, 6) is 6.44. The summed E-state index contributed by atoms with van der Waals surface area (Å²) in [7, 11) is 1.85. The van der Waals surface area contributed by atoms with Crippen molar-refractivity contribution in [3.63, 3.8) is 0 Å². The van der Waals surface area contributed by atoms with Crippen LogP contribution in [0.2, 0.25) is 0 Å². The van der Waals surface area contributed by atoms with Crippen molar-refractivity contribution in [3.05, 3.63) is 24.4 Å². The molecule has 0 aliphatic rings. The minimum absolute atomic E-state index is 0.549. The third-order valence-electron chi connectivity index (χ3n) is 1.87. The lowest BCUT2D eigenvalue weighted by molar-refractivity contribution is 0.685. The minimum atomic E-state index is 0.549. The van der Waals surface area contributed by atoms with Crippen LogP contribution in [0.3, 0.4) is 0 Å². The molecule has 2 heterocycles. The topological polar surface area (TPSA) is 94.5 Å². The second-order valence-corrected chi connectivity index (χ2v) is 3.93. The molecule has 3 N–H and O–H groups in total. The number of anilines is 1. The van der Waals surface area contributed by atoms with Crippen LogP contribution in [0.1, 0.15) is 5.69 Å². The number of aryl methyl sites for hydroxylation is 1. The largest absolute Gasteiger partial charge is 0.307 e. The molecule has 7 nitrogen and oxygen atoms in total. The van der Waals surface area contributed by atoms with Crippen LogP contribution in [-0.4, -0.2) is 24.7 Å². The highest BCUT2D eigenvalue weighted by atomic mass is 32.2. The van der Waals surface area contributed by atoms with Gasteiger partial charge in [-0.3, -0.25) is 4.98 Å². The standard InChI is InChI=1S/C8H11N7S/c1-15-8(12-5-13-15)16-4-6-2-11-7(14-9)3-10-6/h2-3,5H,4,9H2,1H3,(H,11,14). The van der Waals surface area contributed by atoms with E-state index in [-0.39, 0.29) is 0 Å². The number of aromatic nitrogens is 5. The molecule has 2 aromatic rings. The van der Waals surface area contributed by atoms with Gasteiger partial charge in [0, 0.05) is 12.8 Å². The molecule has 0 bridgehead atoms. The summed E-state index contributed by atoms with van der Waals surface area (Å²) >= 11 is 1.56. The quantitative estimate of drug-likeness (QED) is 0.445. The molecule has 0 amide bonds. The molecule has 84 valence electrons. The van der Waals surface area contributed by atoms with E-state index >= 15 is 0 Å². The molecule has 0 aromatic carbocycles. The number of hydrazine groups is 1. The van der Waals surface area contributed by atoms with Gasteiger partial charge in [0.1, 0.15) is 6.33 Å². The van der Waals surface area contributed by atoms with E-state index in [4.69, 9.17) is 5.84 Å². The molecule has 0 saturated carbocycles. The van der Waals surface area contributed by atoms with E-state index in [0.29, 0.717) is 11.6 Å². The number of hydrogen-bond acceptors (Lipinski definition) is 7. The summed E-state index contributed by atoms with van der Waals surface area (Å²) in [6.45, 7) is 0. The lowest BCUT2D eigenvalue weighted by atomic mass is 10.5. The summed E-state index contributed by atoms with van der Waals surface area (Å²) in [6.07, 6.45) is 4.79. The fourth-order valence-corrected chi connectivity index (χ4v) is 1.84. The van der Waals surface area contributed by atoms with Crippen LogP contribution in [0.15, 0.2) is 23.9 Å². The third kappa shape index (κ3) is 2.47. The fraction of sp³-hybridized carbons (Fsp3) is 0.250. The zero-order chi connectivity index (χ0) is 11.4. The van der Waals surface area contributed by atoms with Crippen LogP contribution in [0.25, 0.3) is 0 Å². The highest BCUT2D eigenvalue weighted by Crippen LogP contribution is 2.18. The van der Waals surface area contributed by atoms with Gasteiger partial charge in [-0.1, -0.05) is 11.8 Å². The Kier molecular flexibility index (Phi) is 3.32. The molecule has 0 fully saturated rings. The average molecular weight is 237 g/mol. The lowest BCUT2D eigenvalue weighted by Crippen LogP contribution is -2.09. The molecule has 0 atom stereocenters. The van der Waals surface area contributed by atoms with Crippen molar-refractivity contribution in [3.8, 4) is 0 Å². The number of nitrogens with zero attached hydrogens (tertiary/aromatic N) is 5. The zero-order valence-electron chi connectivity index (χ0n) is 8.66. The second kappa shape index (κ2) is 4.90. The van der Waals surface area contributed by atoms with E-state index in [1.165, 1.54) is 6.33 Å². The van der Waals surface area contributed by atoms with Crippen LogP contribution in [0, 0.1) is 0 Å². The van der Waals surface area contributed by atoms with E-state index in [9.17, 15) is 0 Å².